The molecule has 296 valence electrons. The number of ether oxygens (including phenoxy) is 2. The summed E-state index contributed by atoms with van der Waals surface area (Å²) in [5, 5.41) is 21.5. The Morgan fingerprint density at radius 2 is 1.33 bits per heavy atom. The topological polar surface area (TPSA) is 108 Å². The third-order valence-electron chi connectivity index (χ3n) is 10.5. The summed E-state index contributed by atoms with van der Waals surface area (Å²) in [6, 6.07) is 24.5. The summed E-state index contributed by atoms with van der Waals surface area (Å²) in [6.07, 6.45) is 16.1. The van der Waals surface area contributed by atoms with Crippen molar-refractivity contribution in [2.45, 2.75) is 148 Å². The summed E-state index contributed by atoms with van der Waals surface area (Å²) in [5.74, 6) is -1.04. The van der Waals surface area contributed by atoms with Crippen LogP contribution < -0.4 is 5.32 Å². The number of hydrogen-bond donors (Lipinski definition) is 3. The number of carboxylic acid groups (broad SMARTS) is 1. The second-order valence-corrected chi connectivity index (χ2v) is 15.0. The van der Waals surface area contributed by atoms with E-state index in [9.17, 15) is 14.7 Å². The third kappa shape index (κ3) is 15.3. The van der Waals surface area contributed by atoms with Crippen LogP contribution in [0.15, 0.2) is 72.8 Å². The van der Waals surface area contributed by atoms with Gasteiger partial charge in [-0.15, -0.1) is 0 Å². The smallest absolute Gasteiger partial charge is 0.303 e. The summed E-state index contributed by atoms with van der Waals surface area (Å²) >= 11 is 0. The molecule has 0 bridgehead atoms. The number of carbonyl (C=O) groups excluding carboxylic acids is 1. The lowest BCUT2D eigenvalue weighted by Crippen LogP contribution is -2.40. The molecule has 1 aliphatic rings. The molecule has 1 aliphatic heterocycles. The van der Waals surface area contributed by atoms with Crippen molar-refractivity contribution in [2.24, 2.45) is 0 Å². The van der Waals surface area contributed by atoms with Crippen LogP contribution in [0, 0.1) is 0 Å². The molecule has 3 aromatic carbocycles. The van der Waals surface area contributed by atoms with Gasteiger partial charge in [-0.25, -0.2) is 0 Å². The lowest BCUT2D eigenvalue weighted by atomic mass is 9.97. The van der Waals surface area contributed by atoms with Crippen molar-refractivity contribution in [3.63, 3.8) is 0 Å². The Bertz CT molecular complexity index is 1480. The molecular formula is C46H66N2O6. The quantitative estimate of drug-likeness (QED) is 0.0703. The van der Waals surface area contributed by atoms with Crippen LogP contribution in [0.2, 0.25) is 0 Å². The number of carboxylic acids is 1. The van der Waals surface area contributed by atoms with Gasteiger partial charge in [-0.05, 0) is 60.2 Å². The van der Waals surface area contributed by atoms with Gasteiger partial charge >= 0.3 is 5.97 Å². The number of hydrogen-bond acceptors (Lipinski definition) is 6. The first-order valence-corrected chi connectivity index (χ1v) is 20.8. The first kappa shape index (κ1) is 43.2. The lowest BCUT2D eigenvalue weighted by molar-refractivity contribution is -0.253. The van der Waals surface area contributed by atoms with Crippen LogP contribution in [0.1, 0.15) is 151 Å². The van der Waals surface area contributed by atoms with Gasteiger partial charge in [0.05, 0.1) is 18.8 Å². The van der Waals surface area contributed by atoms with Crippen molar-refractivity contribution >= 4 is 11.9 Å². The number of aliphatic carboxylic acids is 1. The first-order chi connectivity index (χ1) is 26.4. The molecule has 3 aromatic rings. The SMILES string of the molecule is CCCCCCCCN(CCCCCCCC)C[C@@H]1C[C@H](c2ccc(CO)cc2)O[C@H](c2ccc(-c3ccccc3CNC(=O)CCCC(=O)O)cc2)O1. The van der Waals surface area contributed by atoms with Crippen LogP contribution in [-0.2, 0) is 32.2 Å². The Morgan fingerprint density at radius 1 is 0.722 bits per heavy atom. The van der Waals surface area contributed by atoms with E-state index in [2.05, 4.69) is 66.5 Å². The van der Waals surface area contributed by atoms with Crippen LogP contribution >= 0.6 is 0 Å². The van der Waals surface area contributed by atoms with Crippen molar-refractivity contribution in [3.8, 4) is 11.1 Å². The molecule has 3 N–H and O–H groups in total. The van der Waals surface area contributed by atoms with Gasteiger partial charge in [-0.3, -0.25) is 9.59 Å². The second-order valence-electron chi connectivity index (χ2n) is 15.0. The molecular weight excluding hydrogens is 677 g/mol. The van der Waals surface area contributed by atoms with Gasteiger partial charge in [0.2, 0.25) is 5.91 Å². The molecule has 3 atom stereocenters. The molecule has 4 rings (SSSR count). The van der Waals surface area contributed by atoms with Crippen LogP contribution in [0.25, 0.3) is 11.1 Å². The maximum atomic E-state index is 12.4. The normalized spacial score (nSPS) is 17.1. The second kappa shape index (κ2) is 24.8. The molecule has 0 aromatic heterocycles. The predicted octanol–water partition coefficient (Wildman–Crippen LogP) is 10.3. The molecule has 0 saturated carbocycles. The third-order valence-corrected chi connectivity index (χ3v) is 10.5. The minimum atomic E-state index is -0.891. The fourth-order valence-corrected chi connectivity index (χ4v) is 7.31. The molecule has 1 fully saturated rings. The van der Waals surface area contributed by atoms with Crippen LogP contribution in [0.4, 0.5) is 0 Å². The fourth-order valence-electron chi connectivity index (χ4n) is 7.31. The summed E-state index contributed by atoms with van der Waals surface area (Å²) in [6.45, 7) is 7.99. The van der Waals surface area contributed by atoms with Crippen molar-refractivity contribution in [1.29, 1.82) is 0 Å². The summed E-state index contributed by atoms with van der Waals surface area (Å²) in [4.78, 5) is 25.8. The van der Waals surface area contributed by atoms with Gasteiger partial charge in [0.15, 0.2) is 6.29 Å². The zero-order valence-electron chi connectivity index (χ0n) is 33.0. The summed E-state index contributed by atoms with van der Waals surface area (Å²) in [7, 11) is 0. The highest BCUT2D eigenvalue weighted by Crippen LogP contribution is 2.39. The average molecular weight is 743 g/mol. The van der Waals surface area contributed by atoms with E-state index >= 15 is 0 Å². The highest BCUT2D eigenvalue weighted by Gasteiger charge is 2.33. The Hall–Kier alpha value is -3.56. The van der Waals surface area contributed by atoms with Gasteiger partial charge in [0.1, 0.15) is 0 Å². The van der Waals surface area contributed by atoms with E-state index in [-0.39, 0.29) is 37.6 Å². The number of aliphatic hydroxyl groups is 1. The molecule has 1 saturated heterocycles. The Balaban J connectivity index is 1.47. The van der Waals surface area contributed by atoms with E-state index in [4.69, 9.17) is 14.6 Å². The van der Waals surface area contributed by atoms with Crippen LogP contribution in [-0.4, -0.2) is 52.7 Å². The number of nitrogens with zero attached hydrogens (tertiary/aromatic N) is 1. The van der Waals surface area contributed by atoms with Gasteiger partial charge in [0.25, 0.3) is 0 Å². The van der Waals surface area contributed by atoms with Crippen molar-refractivity contribution in [3.05, 3.63) is 95.1 Å². The summed E-state index contributed by atoms with van der Waals surface area (Å²) in [5.41, 5.74) is 5.99. The highest BCUT2D eigenvalue weighted by molar-refractivity contribution is 5.77. The molecule has 0 spiro atoms. The number of nitrogens with one attached hydrogen (secondary N) is 1. The number of unbranched alkanes of at least 4 members (excludes halogenated alkanes) is 10. The lowest BCUT2D eigenvalue weighted by Gasteiger charge is -2.38. The molecule has 0 radical (unpaired) electrons. The van der Waals surface area contributed by atoms with Gasteiger partial charge in [0, 0.05) is 37.9 Å². The van der Waals surface area contributed by atoms with Crippen LogP contribution in [0.5, 0.6) is 0 Å². The number of aliphatic hydroxyl groups excluding tert-OH is 1. The molecule has 8 heteroatoms. The average Bonchev–Trinajstić information content (AvgIpc) is 3.19. The van der Waals surface area contributed by atoms with Crippen molar-refractivity contribution in [1.82, 2.24) is 10.2 Å². The zero-order chi connectivity index (χ0) is 38.4. The fraction of sp³-hybridized carbons (Fsp3) is 0.565. The number of amides is 1. The van der Waals surface area contributed by atoms with E-state index in [0.29, 0.717) is 13.0 Å². The Morgan fingerprint density at radius 3 is 1.96 bits per heavy atom. The molecule has 8 nitrogen and oxygen atoms in total. The van der Waals surface area contributed by atoms with E-state index < -0.39 is 12.3 Å². The predicted molar refractivity (Wildman–Crippen MR) is 217 cm³/mol. The monoisotopic (exact) mass is 742 g/mol. The standard InChI is InChI=1S/C46H66N2O6/c1-3-5-7-9-11-15-30-48(31-16-12-10-8-6-4-2)34-41-32-43(38-24-22-36(35-49)23-25-38)54-46(53-41)39-28-26-37(27-29-39)42-19-14-13-18-40(42)33-47-44(50)20-17-21-45(51)52/h13-14,18-19,22-29,41,43,46,49H,3-12,15-17,20-21,30-35H2,1-2H3,(H,47,50)(H,51,52)/t41-,43+,46+/m0/s1. The number of rotatable bonds is 26. The Labute approximate surface area is 324 Å². The Kier molecular flexibility index (Phi) is 19.8. The zero-order valence-corrected chi connectivity index (χ0v) is 33.0. The van der Waals surface area contributed by atoms with Crippen LogP contribution in [0.3, 0.4) is 0 Å². The minimum Gasteiger partial charge on any atom is -0.481 e. The largest absolute Gasteiger partial charge is 0.481 e. The molecule has 1 heterocycles. The van der Waals surface area contributed by atoms with E-state index in [1.54, 1.807) is 0 Å². The molecule has 54 heavy (non-hydrogen) atoms. The molecule has 0 unspecified atom stereocenters. The maximum Gasteiger partial charge on any atom is 0.303 e. The number of carbonyl (C=O) groups is 2. The van der Waals surface area contributed by atoms with Gasteiger partial charge in [-0.1, -0.05) is 151 Å². The van der Waals surface area contributed by atoms with Crippen molar-refractivity contribution in [2.75, 3.05) is 19.6 Å². The first-order valence-electron chi connectivity index (χ1n) is 20.8. The summed E-state index contributed by atoms with van der Waals surface area (Å²) < 4.78 is 13.5. The highest BCUT2D eigenvalue weighted by atomic mass is 16.7. The van der Waals surface area contributed by atoms with Crippen molar-refractivity contribution < 1.29 is 29.3 Å². The molecule has 1 amide bonds. The van der Waals surface area contributed by atoms with Gasteiger partial charge in [-0.2, -0.15) is 0 Å². The maximum absolute atomic E-state index is 12.4. The number of benzene rings is 3. The van der Waals surface area contributed by atoms with E-state index in [0.717, 1.165) is 59.4 Å². The minimum absolute atomic E-state index is 0.00552. The van der Waals surface area contributed by atoms with E-state index in [1.165, 1.54) is 77.0 Å². The molecule has 0 aliphatic carbocycles. The van der Waals surface area contributed by atoms with E-state index in [1.807, 2.05) is 30.3 Å². The van der Waals surface area contributed by atoms with Gasteiger partial charge < -0.3 is 29.9 Å².